The maximum Gasteiger partial charge on any atom is 0.573 e. The number of sulfonamides is 1. The zero-order chi connectivity index (χ0) is 49.3. The van der Waals surface area contributed by atoms with E-state index in [2.05, 4.69) is 33.3 Å². The van der Waals surface area contributed by atoms with Crippen molar-refractivity contribution in [3.8, 4) is 28.0 Å². The largest absolute Gasteiger partial charge is 0.573 e. The minimum atomic E-state index is -5.15. The number of methoxy groups -OCH3 is 1. The number of thiazole rings is 1. The second kappa shape index (κ2) is 19.7. The molecule has 20 heteroatoms. The number of hydrogen-bond acceptors (Lipinski definition) is 12. The number of halogens is 4. The van der Waals surface area contributed by atoms with Gasteiger partial charge in [-0.1, -0.05) is 38.8 Å². The van der Waals surface area contributed by atoms with Crippen molar-refractivity contribution in [2.75, 3.05) is 19.0 Å². The van der Waals surface area contributed by atoms with Crippen LogP contribution >= 0.6 is 11.3 Å². The minimum absolute atomic E-state index is 0.0214. The monoisotopic (exact) mass is 984 g/mol. The molecule has 7 rings (SSSR count). The number of pyridine rings is 1. The number of likely N-dealkylation sites (tertiary alicyclic amines) is 1. The lowest BCUT2D eigenvalue weighted by molar-refractivity contribution is -0.275. The van der Waals surface area contributed by atoms with Crippen LogP contribution in [0, 0.1) is 18.7 Å². The van der Waals surface area contributed by atoms with Crippen molar-refractivity contribution in [2.45, 2.75) is 126 Å². The topological polar surface area (TPSA) is 178 Å². The number of nitrogens with zero attached hydrogens (tertiary/aromatic N) is 3. The highest BCUT2D eigenvalue weighted by molar-refractivity contribution is 7.91. The van der Waals surface area contributed by atoms with E-state index in [9.17, 15) is 31.2 Å². The molecule has 3 N–H and O–H groups in total. The number of rotatable bonds is 21. The van der Waals surface area contributed by atoms with E-state index in [1.54, 1.807) is 31.4 Å². The molecule has 3 heterocycles. The predicted octanol–water partition coefficient (Wildman–Crippen LogP) is 8.86. The maximum absolute atomic E-state index is 15.0. The molecule has 2 aliphatic carbocycles. The van der Waals surface area contributed by atoms with Gasteiger partial charge >= 0.3 is 6.36 Å². The third-order valence-corrected chi connectivity index (χ3v) is 16.0. The normalized spacial score (nSPS) is 21.2. The molecule has 0 bridgehead atoms. The van der Waals surface area contributed by atoms with Gasteiger partial charge in [0.1, 0.15) is 45.9 Å². The van der Waals surface area contributed by atoms with E-state index in [0.717, 1.165) is 35.9 Å². The summed E-state index contributed by atoms with van der Waals surface area (Å²) in [6.45, 7) is 14.9. The van der Waals surface area contributed by atoms with Crippen molar-refractivity contribution >= 4 is 55.7 Å². The first-order chi connectivity index (χ1) is 32.1. The molecular formula is C48H56F4N6O8S2. The number of hydrogen-bond donors (Lipinski definition) is 3. The van der Waals surface area contributed by atoms with E-state index in [-0.39, 0.29) is 37.4 Å². The number of anilines is 1. The Bertz CT molecular complexity index is 2710. The van der Waals surface area contributed by atoms with Gasteiger partial charge in [0.25, 0.3) is 5.91 Å². The van der Waals surface area contributed by atoms with E-state index in [4.69, 9.17) is 19.4 Å². The maximum atomic E-state index is 15.0. The molecule has 3 amide bonds. The average Bonchev–Trinajstić information content (AvgIpc) is 4.07. The summed E-state index contributed by atoms with van der Waals surface area (Å²) in [6.07, 6.45) is 0.723. The molecule has 366 valence electrons. The fourth-order valence-electron chi connectivity index (χ4n) is 8.42. The first-order valence-corrected chi connectivity index (χ1v) is 24.8. The van der Waals surface area contributed by atoms with Crippen LogP contribution in [0.2, 0.25) is 0 Å². The Labute approximate surface area is 397 Å². The smallest absolute Gasteiger partial charge is 0.496 e. The van der Waals surface area contributed by atoms with Gasteiger partial charge in [0.15, 0.2) is 11.6 Å². The van der Waals surface area contributed by atoms with Crippen molar-refractivity contribution in [3.63, 3.8) is 0 Å². The Morgan fingerprint density at radius 1 is 1.04 bits per heavy atom. The Morgan fingerprint density at radius 2 is 1.78 bits per heavy atom. The van der Waals surface area contributed by atoms with Gasteiger partial charge in [-0.15, -0.1) is 37.7 Å². The highest BCUT2D eigenvalue weighted by Crippen LogP contribution is 2.47. The molecule has 2 aromatic carbocycles. The van der Waals surface area contributed by atoms with Gasteiger partial charge in [0.05, 0.1) is 29.6 Å². The lowest BCUT2D eigenvalue weighted by atomic mass is 10.0. The van der Waals surface area contributed by atoms with Gasteiger partial charge in [0, 0.05) is 46.5 Å². The van der Waals surface area contributed by atoms with E-state index >= 15 is 9.18 Å². The predicted molar refractivity (Wildman–Crippen MR) is 250 cm³/mol. The molecule has 4 aromatic rings. The van der Waals surface area contributed by atoms with Crippen LogP contribution in [0.15, 0.2) is 67.1 Å². The molecule has 2 aromatic heterocycles. The summed E-state index contributed by atoms with van der Waals surface area (Å²) in [5, 5.41) is 9.01. The van der Waals surface area contributed by atoms with Gasteiger partial charge in [-0.25, -0.2) is 22.8 Å². The summed E-state index contributed by atoms with van der Waals surface area (Å²) in [4.78, 5) is 54.8. The number of fused-ring (bicyclic) bond motifs is 1. The second-order valence-electron chi connectivity index (χ2n) is 18.2. The zero-order valence-corrected chi connectivity index (χ0v) is 40.1. The van der Waals surface area contributed by atoms with Gasteiger partial charge in [-0.2, -0.15) is 0 Å². The molecule has 0 spiro atoms. The Hall–Kier alpha value is -5.76. The number of allylic oxidation sites excluding steroid dienone is 1. The summed E-state index contributed by atoms with van der Waals surface area (Å²) < 4.78 is 97.8. The molecule has 3 aliphatic rings. The van der Waals surface area contributed by atoms with Crippen LogP contribution in [-0.4, -0.2) is 89.5 Å². The molecule has 5 unspecified atom stereocenters. The molecule has 68 heavy (non-hydrogen) atoms. The first-order valence-electron chi connectivity index (χ1n) is 22.5. The van der Waals surface area contributed by atoms with Crippen LogP contribution in [-0.2, 0) is 24.4 Å². The quantitative estimate of drug-likeness (QED) is 0.0413. The minimum Gasteiger partial charge on any atom is -0.496 e. The number of unbranched alkanes of at least 4 members (excludes halogenated alkanes) is 3. The molecule has 14 nitrogen and oxygen atoms in total. The number of benzene rings is 2. The van der Waals surface area contributed by atoms with Crippen molar-refractivity contribution in [2.24, 2.45) is 5.92 Å². The standard InChI is InChI=1S/C48H56F4N6O8S2/c1-8-10-11-12-13-14-34(53-30-15-17-39(33(49)21-30)66-48(50,51)52)44(60)58-25-31(22-37(58)42(59)56-47(24-29(47)9-2)45(61)57-68(62,63)46(6)19-20-46)65-40-23-35(43-55-36(26-67-43)27(3)4)54-41-28(5)38(64-7)18-16-32(40)41/h8-9,15-18,21,23,26-27,29,31,34,37,53H,1-2,10-14,19-20,22,24-25H2,3-7H3,(H,56,59)(H,57,61). The fraction of sp³-hybridized carbons (Fsp3) is 0.479. The Morgan fingerprint density at radius 3 is 2.40 bits per heavy atom. The number of nitrogens with one attached hydrogen (secondary N) is 3. The molecule has 3 fully saturated rings. The number of aryl methyl sites for hydroxylation is 1. The van der Waals surface area contributed by atoms with E-state index in [0.29, 0.717) is 65.2 Å². The summed E-state index contributed by atoms with van der Waals surface area (Å²) in [6, 6.07) is 5.66. The van der Waals surface area contributed by atoms with Crippen molar-refractivity contribution in [1.29, 1.82) is 0 Å². The average molecular weight is 985 g/mol. The van der Waals surface area contributed by atoms with Crippen LogP contribution in [0.25, 0.3) is 21.6 Å². The molecule has 2 saturated carbocycles. The third kappa shape index (κ3) is 10.7. The lowest BCUT2D eigenvalue weighted by Crippen LogP contribution is -2.58. The first kappa shape index (κ1) is 50.1. The summed E-state index contributed by atoms with van der Waals surface area (Å²) >= 11 is 1.42. The molecular weight excluding hydrogens is 929 g/mol. The highest BCUT2D eigenvalue weighted by Gasteiger charge is 2.63. The number of ether oxygens (including phenoxy) is 3. The summed E-state index contributed by atoms with van der Waals surface area (Å²) in [7, 11) is -2.54. The number of alkyl halides is 3. The van der Waals surface area contributed by atoms with Crippen LogP contribution < -0.4 is 29.6 Å². The Balaban J connectivity index is 1.24. The molecule has 1 aliphatic heterocycles. The second-order valence-corrected chi connectivity index (χ2v) is 21.3. The molecule has 0 radical (unpaired) electrons. The van der Waals surface area contributed by atoms with Crippen molar-refractivity contribution < 1.29 is 54.6 Å². The van der Waals surface area contributed by atoms with Crippen molar-refractivity contribution in [1.82, 2.24) is 24.9 Å². The lowest BCUT2D eigenvalue weighted by Gasteiger charge is -2.30. The van der Waals surface area contributed by atoms with Crippen LogP contribution in [0.5, 0.6) is 17.2 Å². The van der Waals surface area contributed by atoms with Gasteiger partial charge < -0.3 is 29.7 Å². The molecule has 5 atom stereocenters. The number of amides is 3. The van der Waals surface area contributed by atoms with Crippen molar-refractivity contribution in [3.05, 3.63) is 84.2 Å². The fourth-order valence-corrected chi connectivity index (χ4v) is 10.7. The summed E-state index contributed by atoms with van der Waals surface area (Å²) in [5.41, 5.74) is 1.01. The van der Waals surface area contributed by atoms with E-state index in [1.165, 1.54) is 29.2 Å². The number of carbonyl (C=O) groups excluding carboxylic acids is 3. The summed E-state index contributed by atoms with van der Waals surface area (Å²) in [5.74, 6) is -4.17. The van der Waals surface area contributed by atoms with Crippen LogP contribution in [0.3, 0.4) is 0 Å². The van der Waals surface area contributed by atoms with Gasteiger partial charge in [0.2, 0.25) is 21.8 Å². The zero-order valence-electron chi connectivity index (χ0n) is 38.5. The molecule has 1 saturated heterocycles. The number of carbonyl (C=O) groups is 3. The SMILES string of the molecule is C=CCCCCCC(Nc1ccc(OC(F)(F)F)c(F)c1)C(=O)N1CC(Oc2cc(-c3nc(C(C)C)cs3)nc3c(C)c(OC)ccc23)CC1C(=O)NC1(C(=O)NS(=O)(=O)C2(C)CC2)CC1C=C. The van der Waals surface area contributed by atoms with E-state index < -0.39 is 80.1 Å². The van der Waals surface area contributed by atoms with Crippen LogP contribution in [0.1, 0.15) is 95.7 Å². The number of aromatic nitrogens is 2. The van der Waals surface area contributed by atoms with Crippen LogP contribution in [0.4, 0.5) is 23.2 Å². The van der Waals surface area contributed by atoms with E-state index in [1.807, 2.05) is 26.2 Å². The Kier molecular flexibility index (Phi) is 14.5. The van der Waals surface area contributed by atoms with Gasteiger partial charge in [-0.3, -0.25) is 19.1 Å². The van der Waals surface area contributed by atoms with Gasteiger partial charge in [-0.05, 0) is 82.6 Å². The highest BCUT2D eigenvalue weighted by atomic mass is 32.2. The third-order valence-electron chi connectivity index (χ3n) is 12.9.